The molecule has 0 unspecified atom stereocenters. The van der Waals surface area contributed by atoms with E-state index in [0.29, 0.717) is 6.54 Å². The molecular formula is C24H25NO. The van der Waals surface area contributed by atoms with E-state index in [0.717, 1.165) is 30.4 Å². The van der Waals surface area contributed by atoms with Crippen LogP contribution in [-0.4, -0.2) is 12.5 Å². The minimum Gasteiger partial charge on any atom is -0.355 e. The molecule has 1 amide bonds. The fourth-order valence-corrected chi connectivity index (χ4v) is 3.20. The molecule has 0 bridgehead atoms. The summed E-state index contributed by atoms with van der Waals surface area (Å²) >= 11 is 0. The fourth-order valence-electron chi connectivity index (χ4n) is 3.20. The number of carbonyl (C=O) groups excluding carboxylic acids is 1. The summed E-state index contributed by atoms with van der Waals surface area (Å²) in [6, 6.07) is 30.5. The second-order valence-corrected chi connectivity index (χ2v) is 6.49. The average molecular weight is 343 g/mol. The van der Waals surface area contributed by atoms with Gasteiger partial charge in [-0.25, -0.2) is 0 Å². The monoisotopic (exact) mass is 343 g/mol. The minimum atomic E-state index is -0.258. The highest BCUT2D eigenvalue weighted by molar-refractivity contribution is 5.87. The van der Waals surface area contributed by atoms with Crippen LogP contribution in [0.3, 0.4) is 0 Å². The number of benzene rings is 3. The Labute approximate surface area is 155 Å². The molecule has 0 radical (unpaired) electrons. The van der Waals surface area contributed by atoms with Gasteiger partial charge in [0, 0.05) is 6.54 Å². The first-order valence-electron chi connectivity index (χ1n) is 9.26. The second-order valence-electron chi connectivity index (χ2n) is 6.49. The third-order valence-corrected chi connectivity index (χ3v) is 4.56. The molecule has 0 atom stereocenters. The number of carbonyl (C=O) groups is 1. The van der Waals surface area contributed by atoms with Crippen molar-refractivity contribution in [3.8, 4) is 0 Å². The van der Waals surface area contributed by atoms with Crippen molar-refractivity contribution in [1.82, 2.24) is 5.32 Å². The predicted molar refractivity (Wildman–Crippen MR) is 107 cm³/mol. The molecule has 0 saturated carbocycles. The van der Waals surface area contributed by atoms with E-state index in [-0.39, 0.29) is 11.8 Å². The summed E-state index contributed by atoms with van der Waals surface area (Å²) in [5.74, 6) is -0.186. The third-order valence-electron chi connectivity index (χ3n) is 4.56. The zero-order chi connectivity index (χ0) is 18.0. The number of rotatable bonds is 8. The van der Waals surface area contributed by atoms with E-state index < -0.39 is 0 Å². The van der Waals surface area contributed by atoms with Crippen LogP contribution in [0.25, 0.3) is 0 Å². The van der Waals surface area contributed by atoms with E-state index in [1.54, 1.807) is 0 Å². The summed E-state index contributed by atoms with van der Waals surface area (Å²) in [4.78, 5) is 12.9. The molecule has 0 aliphatic heterocycles. The van der Waals surface area contributed by atoms with Crippen LogP contribution >= 0.6 is 0 Å². The van der Waals surface area contributed by atoms with E-state index >= 15 is 0 Å². The summed E-state index contributed by atoms with van der Waals surface area (Å²) in [5.41, 5.74) is 3.41. The van der Waals surface area contributed by atoms with Crippen LogP contribution in [0.15, 0.2) is 91.0 Å². The summed E-state index contributed by atoms with van der Waals surface area (Å²) in [5, 5.41) is 3.13. The van der Waals surface area contributed by atoms with Gasteiger partial charge in [-0.05, 0) is 36.0 Å². The van der Waals surface area contributed by atoms with Crippen LogP contribution in [0.4, 0.5) is 0 Å². The molecule has 2 heteroatoms. The van der Waals surface area contributed by atoms with Crippen molar-refractivity contribution in [2.75, 3.05) is 6.54 Å². The Kier molecular flexibility index (Phi) is 6.60. The zero-order valence-corrected chi connectivity index (χ0v) is 15.0. The topological polar surface area (TPSA) is 29.1 Å². The van der Waals surface area contributed by atoms with E-state index in [9.17, 15) is 4.79 Å². The molecule has 3 rings (SSSR count). The number of aryl methyl sites for hydroxylation is 1. The van der Waals surface area contributed by atoms with Gasteiger partial charge in [0.2, 0.25) is 5.91 Å². The number of hydrogen-bond acceptors (Lipinski definition) is 1. The van der Waals surface area contributed by atoms with Gasteiger partial charge in [-0.1, -0.05) is 91.0 Å². The molecule has 0 fully saturated rings. The van der Waals surface area contributed by atoms with E-state index in [4.69, 9.17) is 0 Å². The lowest BCUT2D eigenvalue weighted by atomic mass is 9.90. The highest BCUT2D eigenvalue weighted by Crippen LogP contribution is 2.24. The van der Waals surface area contributed by atoms with Gasteiger partial charge in [0.25, 0.3) is 0 Å². The summed E-state index contributed by atoms with van der Waals surface area (Å²) in [7, 11) is 0. The number of nitrogens with one attached hydrogen (secondary N) is 1. The van der Waals surface area contributed by atoms with Crippen molar-refractivity contribution in [3.05, 3.63) is 108 Å². The largest absolute Gasteiger partial charge is 0.355 e. The SMILES string of the molecule is O=C(NCCCCc1ccccc1)C(c1ccccc1)c1ccccc1. The second kappa shape index (κ2) is 9.57. The minimum absolute atomic E-state index is 0.0714. The normalized spacial score (nSPS) is 10.7. The van der Waals surface area contributed by atoms with Crippen molar-refractivity contribution >= 4 is 5.91 Å². The van der Waals surface area contributed by atoms with Crippen molar-refractivity contribution in [2.24, 2.45) is 0 Å². The predicted octanol–water partition coefficient (Wildman–Crippen LogP) is 4.96. The van der Waals surface area contributed by atoms with Gasteiger partial charge in [-0.15, -0.1) is 0 Å². The van der Waals surface area contributed by atoms with Gasteiger partial charge in [0.15, 0.2) is 0 Å². The van der Waals surface area contributed by atoms with E-state index in [1.807, 2.05) is 66.7 Å². The van der Waals surface area contributed by atoms with Crippen molar-refractivity contribution in [2.45, 2.75) is 25.2 Å². The van der Waals surface area contributed by atoms with Gasteiger partial charge >= 0.3 is 0 Å². The molecule has 1 N–H and O–H groups in total. The Hall–Kier alpha value is -2.87. The van der Waals surface area contributed by atoms with E-state index in [2.05, 4.69) is 29.6 Å². The van der Waals surface area contributed by atoms with Crippen molar-refractivity contribution in [1.29, 1.82) is 0 Å². The Morgan fingerprint density at radius 3 is 1.73 bits per heavy atom. The summed E-state index contributed by atoms with van der Waals surface area (Å²) < 4.78 is 0. The summed E-state index contributed by atoms with van der Waals surface area (Å²) in [6.45, 7) is 0.710. The lowest BCUT2D eigenvalue weighted by Crippen LogP contribution is -2.30. The molecule has 0 spiro atoms. The van der Waals surface area contributed by atoms with Crippen LogP contribution in [0, 0.1) is 0 Å². The molecule has 26 heavy (non-hydrogen) atoms. The lowest BCUT2D eigenvalue weighted by Gasteiger charge is -2.18. The molecule has 2 nitrogen and oxygen atoms in total. The van der Waals surface area contributed by atoms with Gasteiger partial charge in [0.1, 0.15) is 0 Å². The Morgan fingerprint density at radius 2 is 1.19 bits per heavy atom. The Balaban J connectivity index is 1.56. The first-order valence-corrected chi connectivity index (χ1v) is 9.26. The quantitative estimate of drug-likeness (QED) is 0.576. The summed E-state index contributed by atoms with van der Waals surface area (Å²) in [6.07, 6.45) is 3.11. The number of hydrogen-bond donors (Lipinski definition) is 1. The molecule has 0 aromatic heterocycles. The molecule has 0 heterocycles. The maximum atomic E-state index is 12.9. The van der Waals surface area contributed by atoms with Gasteiger partial charge in [0.05, 0.1) is 5.92 Å². The first-order chi connectivity index (χ1) is 12.8. The van der Waals surface area contributed by atoms with Crippen LogP contribution < -0.4 is 5.32 Å². The first kappa shape index (κ1) is 17.9. The Bertz CT molecular complexity index is 745. The van der Waals surface area contributed by atoms with Crippen LogP contribution in [0.1, 0.15) is 35.4 Å². The van der Waals surface area contributed by atoms with Crippen molar-refractivity contribution in [3.63, 3.8) is 0 Å². The molecule has 0 saturated heterocycles. The van der Waals surface area contributed by atoms with Crippen LogP contribution in [0.2, 0.25) is 0 Å². The van der Waals surface area contributed by atoms with Gasteiger partial charge in [-0.3, -0.25) is 4.79 Å². The smallest absolute Gasteiger partial charge is 0.232 e. The standard InChI is InChI=1S/C24H25NO/c26-24(25-19-11-10-14-20-12-4-1-5-13-20)23(21-15-6-2-7-16-21)22-17-8-3-9-18-22/h1-9,12-13,15-18,23H,10-11,14,19H2,(H,25,26). The number of amides is 1. The molecular weight excluding hydrogens is 318 g/mol. The van der Waals surface area contributed by atoms with E-state index in [1.165, 1.54) is 5.56 Å². The van der Waals surface area contributed by atoms with Gasteiger partial charge < -0.3 is 5.32 Å². The average Bonchev–Trinajstić information content (AvgIpc) is 2.70. The highest BCUT2D eigenvalue weighted by Gasteiger charge is 2.21. The maximum Gasteiger partial charge on any atom is 0.232 e. The van der Waals surface area contributed by atoms with Crippen LogP contribution in [0.5, 0.6) is 0 Å². The molecule has 0 aliphatic carbocycles. The molecule has 0 aliphatic rings. The maximum absolute atomic E-state index is 12.9. The lowest BCUT2D eigenvalue weighted by molar-refractivity contribution is -0.121. The zero-order valence-electron chi connectivity index (χ0n) is 15.0. The van der Waals surface area contributed by atoms with Crippen molar-refractivity contribution < 1.29 is 4.79 Å². The third kappa shape index (κ3) is 5.06. The molecule has 3 aromatic carbocycles. The highest BCUT2D eigenvalue weighted by atomic mass is 16.1. The number of unbranched alkanes of at least 4 members (excludes halogenated alkanes) is 1. The molecule has 132 valence electrons. The fraction of sp³-hybridized carbons (Fsp3) is 0.208. The van der Waals surface area contributed by atoms with Crippen LogP contribution in [-0.2, 0) is 11.2 Å². The molecule has 3 aromatic rings. The Morgan fingerprint density at radius 1 is 0.692 bits per heavy atom. The van der Waals surface area contributed by atoms with Gasteiger partial charge in [-0.2, -0.15) is 0 Å².